The van der Waals surface area contributed by atoms with Gasteiger partial charge in [-0.05, 0) is 20.3 Å². The predicted octanol–water partition coefficient (Wildman–Crippen LogP) is -2.29. The van der Waals surface area contributed by atoms with Gasteiger partial charge in [-0.25, -0.2) is 0 Å². The summed E-state index contributed by atoms with van der Waals surface area (Å²) in [5.74, 6) is -3.92. The monoisotopic (exact) mass is 290 g/mol. The van der Waals surface area contributed by atoms with Gasteiger partial charge in [-0.15, -0.1) is 0 Å². The Kier molecular flexibility index (Phi) is 6.44. The van der Waals surface area contributed by atoms with Crippen molar-refractivity contribution < 1.29 is 30.8 Å². The minimum Gasteiger partial charge on any atom is -0.481 e. The first-order valence-electron chi connectivity index (χ1n) is 6.34. The number of carbonyl (C=O) groups excluding carboxylic acids is 3. The Morgan fingerprint density at radius 1 is 1.25 bits per heavy atom. The number of amides is 3. The van der Waals surface area contributed by atoms with Gasteiger partial charge in [0.1, 0.15) is 18.2 Å². The molecule has 0 aliphatic heterocycles. The fourth-order valence-corrected chi connectivity index (χ4v) is 1.20. The number of aliphatic hydroxyl groups excluding tert-OH is 1. The number of hydrogen-bond acceptors (Lipinski definition) is 5. The zero-order valence-corrected chi connectivity index (χ0v) is 11.2. The molecule has 0 saturated carbocycles. The van der Waals surface area contributed by atoms with E-state index in [2.05, 4.69) is 5.32 Å². The van der Waals surface area contributed by atoms with E-state index in [0.29, 0.717) is 0 Å². The number of rotatable bonds is 8. The molecule has 9 heteroatoms. The van der Waals surface area contributed by atoms with E-state index in [-0.39, 0.29) is 18.2 Å². The molecule has 9 nitrogen and oxygen atoms in total. The fraction of sp³-hybridized carbons (Fsp3) is 0.636. The minimum atomic E-state index is -1.45. The van der Waals surface area contributed by atoms with Gasteiger partial charge in [-0.2, -0.15) is 0 Å². The van der Waals surface area contributed by atoms with E-state index in [4.69, 9.17) is 17.4 Å². The Morgan fingerprint density at radius 2 is 1.80 bits per heavy atom. The molecule has 0 saturated heterocycles. The fourth-order valence-electron chi connectivity index (χ4n) is 1.20. The van der Waals surface area contributed by atoms with Gasteiger partial charge in [0, 0.05) is 6.42 Å². The van der Waals surface area contributed by atoms with Crippen LogP contribution in [-0.2, 0) is 19.2 Å². The zero-order chi connectivity index (χ0) is 16.7. The highest BCUT2D eigenvalue weighted by atomic mass is 16.4. The first kappa shape index (κ1) is 15.9. The van der Waals surface area contributed by atoms with Crippen LogP contribution in [-0.4, -0.2) is 52.1 Å². The van der Waals surface area contributed by atoms with Crippen molar-refractivity contribution in [1.29, 1.82) is 0 Å². The summed E-state index contributed by atoms with van der Waals surface area (Å²) in [6.07, 6.45) is -2.03. The third-order valence-electron chi connectivity index (χ3n) is 2.36. The van der Waals surface area contributed by atoms with Crippen molar-refractivity contribution in [3.05, 3.63) is 0 Å². The summed E-state index contributed by atoms with van der Waals surface area (Å²) in [7, 11) is 0. The largest absolute Gasteiger partial charge is 0.481 e. The lowest BCUT2D eigenvalue weighted by molar-refractivity contribution is -0.138. The maximum Gasteiger partial charge on any atom is 0.303 e. The second-order valence-corrected chi connectivity index (χ2v) is 4.22. The summed E-state index contributed by atoms with van der Waals surface area (Å²) in [6.45, 7) is 2.37. The molecule has 6 N–H and O–H groups in total. The van der Waals surface area contributed by atoms with Crippen molar-refractivity contribution in [2.24, 2.45) is 5.73 Å². The maximum absolute atomic E-state index is 11.8. The van der Waals surface area contributed by atoms with Crippen molar-refractivity contribution in [1.82, 2.24) is 10.6 Å². The summed E-state index contributed by atoms with van der Waals surface area (Å²) in [4.78, 5) is 44.7. The van der Waals surface area contributed by atoms with Crippen LogP contribution in [0.2, 0.25) is 1.41 Å². The smallest absolute Gasteiger partial charge is 0.303 e. The molecule has 0 aliphatic carbocycles. The quantitative estimate of drug-likeness (QED) is 0.338. The molecule has 0 aromatic carbocycles. The number of hydrogen-bond donors (Lipinski definition) is 5. The Bertz CT molecular complexity index is 428. The van der Waals surface area contributed by atoms with Gasteiger partial charge in [0.25, 0.3) is 0 Å². The van der Waals surface area contributed by atoms with Crippen LogP contribution in [0.4, 0.5) is 0 Å². The second kappa shape index (κ2) is 8.10. The lowest BCUT2D eigenvalue weighted by atomic mass is 10.1. The number of primary amides is 1. The van der Waals surface area contributed by atoms with E-state index in [1.165, 1.54) is 6.92 Å². The molecule has 3 atom stereocenters. The second-order valence-electron chi connectivity index (χ2n) is 4.22. The predicted molar refractivity (Wildman–Crippen MR) is 67.3 cm³/mol. The van der Waals surface area contributed by atoms with Crippen molar-refractivity contribution in [3.63, 3.8) is 0 Å². The summed E-state index contributed by atoms with van der Waals surface area (Å²) in [5, 5.41) is 20.0. The molecule has 114 valence electrons. The Balaban J connectivity index is 4.71. The van der Waals surface area contributed by atoms with Crippen LogP contribution in [0.3, 0.4) is 0 Å². The average Bonchev–Trinajstić information content (AvgIpc) is 2.39. The van der Waals surface area contributed by atoms with E-state index in [1.807, 2.05) is 0 Å². The molecule has 0 heterocycles. The van der Waals surface area contributed by atoms with E-state index in [0.717, 1.165) is 6.92 Å². The van der Waals surface area contributed by atoms with Crippen molar-refractivity contribution in [2.45, 2.75) is 44.9 Å². The minimum absolute atomic E-state index is 0.203. The van der Waals surface area contributed by atoms with Crippen LogP contribution in [0.15, 0.2) is 0 Å². The van der Waals surface area contributed by atoms with E-state index in [1.54, 1.807) is 0 Å². The maximum atomic E-state index is 11.8. The third-order valence-corrected chi connectivity index (χ3v) is 2.36. The summed E-state index contributed by atoms with van der Waals surface area (Å²) >= 11 is 0. The highest BCUT2D eigenvalue weighted by molar-refractivity contribution is 5.92. The first-order valence-corrected chi connectivity index (χ1v) is 5.89. The van der Waals surface area contributed by atoms with Gasteiger partial charge in [-0.1, -0.05) is 0 Å². The lowest BCUT2D eigenvalue weighted by Gasteiger charge is -2.19. The zero-order valence-electron chi connectivity index (χ0n) is 12.2. The molecular formula is C11H19N3O6. The Morgan fingerprint density at radius 3 is 2.20 bits per heavy atom. The van der Waals surface area contributed by atoms with E-state index < -0.39 is 41.9 Å². The highest BCUT2D eigenvalue weighted by Gasteiger charge is 2.24. The standard InChI is InChI=1S/C11H19N3O6/c1-5(13-11(20)6(2)15)10(19)14-7(9(12)18)3-4-8(16)17/h5-7,15H,3-4H2,1-2H3,(H2,12,18)(H,13,20)(H,14,19)(H,16,17)/t5-,6?,7-/m0/s1/i/hD. The molecule has 0 fully saturated rings. The van der Waals surface area contributed by atoms with Gasteiger partial charge in [-0.3, -0.25) is 19.2 Å². The molecule has 0 spiro atoms. The number of carboxylic acids is 1. The molecule has 0 bridgehead atoms. The van der Waals surface area contributed by atoms with Crippen LogP contribution in [0.25, 0.3) is 0 Å². The average molecular weight is 290 g/mol. The summed E-state index contributed by atoms with van der Waals surface area (Å²) in [5.41, 5.74) is 5.04. The molecule has 1 unspecified atom stereocenters. The van der Waals surface area contributed by atoms with Crippen LogP contribution < -0.4 is 16.4 Å². The van der Waals surface area contributed by atoms with Crippen molar-refractivity contribution >= 4 is 23.7 Å². The molecule has 0 radical (unpaired) electrons. The highest BCUT2D eigenvalue weighted by Crippen LogP contribution is 1.98. The van der Waals surface area contributed by atoms with Gasteiger partial charge in [0.2, 0.25) is 17.7 Å². The number of carboxylic acid groups (broad SMARTS) is 1. The van der Waals surface area contributed by atoms with Gasteiger partial charge in [0.15, 0.2) is 1.41 Å². The third kappa shape index (κ3) is 6.69. The Labute approximate surface area is 117 Å². The molecule has 0 rings (SSSR count). The Hall–Kier alpha value is -2.16. The summed E-state index contributed by atoms with van der Waals surface area (Å²) < 4.78 is 7.42. The van der Waals surface area contributed by atoms with Crippen molar-refractivity contribution in [3.8, 4) is 0 Å². The number of carbonyl (C=O) groups is 4. The molecular weight excluding hydrogens is 270 g/mol. The van der Waals surface area contributed by atoms with Crippen molar-refractivity contribution in [2.75, 3.05) is 0 Å². The summed E-state index contributed by atoms with van der Waals surface area (Å²) in [6, 6.07) is -2.50. The number of nitrogens with one attached hydrogen (secondary N) is 2. The van der Waals surface area contributed by atoms with E-state index in [9.17, 15) is 19.2 Å². The molecule has 0 aromatic rings. The number of nitrogens with two attached hydrogens (primary N) is 1. The molecule has 0 aliphatic rings. The van der Waals surface area contributed by atoms with Crippen LogP contribution in [0.5, 0.6) is 0 Å². The molecule has 20 heavy (non-hydrogen) atoms. The lowest BCUT2D eigenvalue weighted by Crippen LogP contribution is -2.53. The van der Waals surface area contributed by atoms with Crippen LogP contribution in [0, 0.1) is 0 Å². The van der Waals surface area contributed by atoms with Gasteiger partial charge < -0.3 is 26.6 Å². The van der Waals surface area contributed by atoms with E-state index >= 15 is 0 Å². The van der Waals surface area contributed by atoms with Gasteiger partial charge in [0.05, 0.1) is 0 Å². The number of aliphatic hydroxyl groups is 1. The van der Waals surface area contributed by atoms with Crippen LogP contribution in [0.1, 0.15) is 26.7 Å². The first-order chi connectivity index (χ1) is 9.57. The number of aliphatic carboxylic acids is 1. The normalized spacial score (nSPS) is 15.4. The SMILES string of the molecule is [2H]N(C(=O)C(C)O)[C@@H](C)C(=O)N[C@@H](CCC(=O)O)C(N)=O. The topological polar surface area (TPSA) is 159 Å². The van der Waals surface area contributed by atoms with Gasteiger partial charge >= 0.3 is 5.97 Å². The molecule has 0 aromatic heterocycles. The molecule has 3 amide bonds. The van der Waals surface area contributed by atoms with Crippen LogP contribution >= 0.6 is 0 Å².